The first-order chi connectivity index (χ1) is 9.86. The van der Waals surface area contributed by atoms with Crippen molar-refractivity contribution in [1.29, 1.82) is 0 Å². The van der Waals surface area contributed by atoms with E-state index in [9.17, 15) is 0 Å². The van der Waals surface area contributed by atoms with Crippen molar-refractivity contribution in [2.75, 3.05) is 13.2 Å². The summed E-state index contributed by atoms with van der Waals surface area (Å²) in [6.07, 6.45) is 2.31. The highest BCUT2D eigenvalue weighted by Gasteiger charge is 2.18. The largest absolute Gasteiger partial charge is 0.490 e. The van der Waals surface area contributed by atoms with Gasteiger partial charge in [-0.05, 0) is 25.0 Å². The number of para-hydroxylation sites is 1. The lowest BCUT2D eigenvalue weighted by Gasteiger charge is -2.13. The molecule has 5 nitrogen and oxygen atoms in total. The van der Waals surface area contributed by atoms with Crippen molar-refractivity contribution in [3.8, 4) is 17.1 Å². The van der Waals surface area contributed by atoms with E-state index >= 15 is 0 Å². The van der Waals surface area contributed by atoms with Gasteiger partial charge in [-0.2, -0.15) is 0 Å². The first-order valence-electron chi connectivity index (χ1n) is 6.77. The molecule has 2 heterocycles. The molecular weight excluding hydrogens is 258 g/mol. The minimum absolute atomic E-state index is 0.136. The lowest BCUT2D eigenvalue weighted by molar-refractivity contribution is 0.0681. The van der Waals surface area contributed by atoms with Crippen molar-refractivity contribution in [2.24, 2.45) is 0 Å². The Kier molecular flexibility index (Phi) is 3.99. The number of aliphatic hydroxyl groups excluding tert-OH is 1. The first kappa shape index (κ1) is 13.1. The zero-order valence-electron chi connectivity index (χ0n) is 11.1. The molecule has 1 aromatic heterocycles. The third-order valence-corrected chi connectivity index (χ3v) is 3.32. The molecule has 1 atom stereocenters. The number of hydrogen-bond donors (Lipinski definition) is 1. The predicted octanol–water partition coefficient (Wildman–Crippen LogP) is 2.39. The highest BCUT2D eigenvalue weighted by molar-refractivity contribution is 5.65. The Morgan fingerprint density at radius 1 is 1.35 bits per heavy atom. The normalized spacial score (nSPS) is 18.4. The number of rotatable bonds is 5. The van der Waals surface area contributed by atoms with Crippen LogP contribution in [0, 0.1) is 0 Å². The summed E-state index contributed by atoms with van der Waals surface area (Å²) in [5, 5.41) is 12.8. The molecule has 2 aromatic rings. The molecule has 1 unspecified atom stereocenters. The molecule has 0 amide bonds. The maximum Gasteiger partial charge on any atom is 0.170 e. The van der Waals surface area contributed by atoms with Crippen LogP contribution in [0.25, 0.3) is 11.3 Å². The fraction of sp³-hybridized carbons (Fsp3) is 0.400. The van der Waals surface area contributed by atoms with E-state index in [0.29, 0.717) is 18.1 Å². The van der Waals surface area contributed by atoms with Gasteiger partial charge in [-0.3, -0.25) is 0 Å². The Labute approximate surface area is 117 Å². The van der Waals surface area contributed by atoms with Crippen molar-refractivity contribution in [3.63, 3.8) is 0 Å². The molecule has 1 fully saturated rings. The van der Waals surface area contributed by atoms with Crippen LogP contribution in [0.15, 0.2) is 34.9 Å². The minimum atomic E-state index is -0.136. The maximum absolute atomic E-state index is 9.04. The molecule has 1 aliphatic rings. The molecule has 1 saturated heterocycles. The lowest BCUT2D eigenvalue weighted by atomic mass is 10.1. The van der Waals surface area contributed by atoms with E-state index in [4.69, 9.17) is 19.1 Å². The molecule has 0 saturated carbocycles. The van der Waals surface area contributed by atoms with Gasteiger partial charge in [0.05, 0.1) is 18.3 Å². The zero-order chi connectivity index (χ0) is 13.8. The molecule has 20 heavy (non-hydrogen) atoms. The topological polar surface area (TPSA) is 64.7 Å². The van der Waals surface area contributed by atoms with E-state index in [-0.39, 0.29) is 12.7 Å². The molecule has 1 aromatic carbocycles. The van der Waals surface area contributed by atoms with Crippen LogP contribution in [0.3, 0.4) is 0 Å². The van der Waals surface area contributed by atoms with E-state index in [1.165, 1.54) is 0 Å². The third-order valence-electron chi connectivity index (χ3n) is 3.32. The molecule has 3 rings (SSSR count). The van der Waals surface area contributed by atoms with Gasteiger partial charge in [-0.25, -0.2) is 0 Å². The molecule has 5 heteroatoms. The SMILES string of the molecule is OCc1cc(-c2ccccc2OCC2CCCO2)on1. The molecule has 106 valence electrons. The Balaban J connectivity index is 1.76. The van der Waals surface area contributed by atoms with Gasteiger partial charge in [0.15, 0.2) is 5.76 Å². The van der Waals surface area contributed by atoms with Crippen molar-refractivity contribution < 1.29 is 19.1 Å². The summed E-state index contributed by atoms with van der Waals surface area (Å²) in [6, 6.07) is 9.35. The van der Waals surface area contributed by atoms with Gasteiger partial charge in [0.1, 0.15) is 18.1 Å². The first-order valence-corrected chi connectivity index (χ1v) is 6.77. The van der Waals surface area contributed by atoms with Gasteiger partial charge >= 0.3 is 0 Å². The number of benzene rings is 1. The average Bonchev–Trinajstić information content (AvgIpc) is 3.16. The molecule has 0 aliphatic carbocycles. The summed E-state index contributed by atoms with van der Waals surface area (Å²) < 4.78 is 16.6. The highest BCUT2D eigenvalue weighted by Crippen LogP contribution is 2.30. The van der Waals surface area contributed by atoms with Crippen molar-refractivity contribution in [2.45, 2.75) is 25.6 Å². The monoisotopic (exact) mass is 275 g/mol. The Morgan fingerprint density at radius 3 is 3.00 bits per heavy atom. The standard InChI is InChI=1S/C15H17NO4/c17-9-11-8-15(20-16-11)13-5-1-2-6-14(13)19-10-12-4-3-7-18-12/h1-2,5-6,8,12,17H,3-4,7,9-10H2. The molecule has 0 radical (unpaired) electrons. The number of nitrogens with zero attached hydrogens (tertiary/aromatic N) is 1. The van der Waals surface area contributed by atoms with Crippen molar-refractivity contribution >= 4 is 0 Å². The second kappa shape index (κ2) is 6.07. The Hall–Kier alpha value is -1.85. The van der Waals surface area contributed by atoms with Gasteiger partial charge in [-0.15, -0.1) is 0 Å². The van der Waals surface area contributed by atoms with Gasteiger partial charge in [0, 0.05) is 12.7 Å². The highest BCUT2D eigenvalue weighted by atomic mass is 16.5. The lowest BCUT2D eigenvalue weighted by Crippen LogP contribution is -2.16. The number of aromatic nitrogens is 1. The molecule has 0 spiro atoms. The van der Waals surface area contributed by atoms with E-state index in [1.54, 1.807) is 6.07 Å². The van der Waals surface area contributed by atoms with E-state index < -0.39 is 0 Å². The van der Waals surface area contributed by atoms with Crippen LogP contribution in [0.1, 0.15) is 18.5 Å². The summed E-state index contributed by atoms with van der Waals surface area (Å²) in [7, 11) is 0. The molecule has 0 bridgehead atoms. The van der Waals surface area contributed by atoms with Crippen LogP contribution in [-0.2, 0) is 11.3 Å². The number of hydrogen-bond acceptors (Lipinski definition) is 5. The van der Waals surface area contributed by atoms with E-state index in [0.717, 1.165) is 30.8 Å². The summed E-state index contributed by atoms with van der Waals surface area (Å²) in [4.78, 5) is 0. The van der Waals surface area contributed by atoms with Crippen molar-refractivity contribution in [1.82, 2.24) is 5.16 Å². The van der Waals surface area contributed by atoms with E-state index in [2.05, 4.69) is 5.16 Å². The molecule has 1 aliphatic heterocycles. The Morgan fingerprint density at radius 2 is 2.25 bits per heavy atom. The van der Waals surface area contributed by atoms with Crippen molar-refractivity contribution in [3.05, 3.63) is 36.0 Å². The predicted molar refractivity (Wildman–Crippen MR) is 72.3 cm³/mol. The van der Waals surface area contributed by atoms with Crippen LogP contribution >= 0.6 is 0 Å². The van der Waals surface area contributed by atoms with Gasteiger partial charge < -0.3 is 19.1 Å². The summed E-state index contributed by atoms with van der Waals surface area (Å²) in [5.74, 6) is 1.33. The average molecular weight is 275 g/mol. The van der Waals surface area contributed by atoms with E-state index in [1.807, 2.05) is 24.3 Å². The quantitative estimate of drug-likeness (QED) is 0.907. The van der Waals surface area contributed by atoms with Crippen LogP contribution in [0.4, 0.5) is 0 Å². The van der Waals surface area contributed by atoms with Gasteiger partial charge in [-0.1, -0.05) is 17.3 Å². The fourth-order valence-corrected chi connectivity index (χ4v) is 2.27. The van der Waals surface area contributed by atoms with Crippen LogP contribution < -0.4 is 4.74 Å². The smallest absolute Gasteiger partial charge is 0.170 e. The summed E-state index contributed by atoms with van der Waals surface area (Å²) in [5.41, 5.74) is 1.34. The zero-order valence-corrected chi connectivity index (χ0v) is 11.1. The fourth-order valence-electron chi connectivity index (χ4n) is 2.27. The summed E-state index contributed by atoms with van der Waals surface area (Å²) in [6.45, 7) is 1.22. The summed E-state index contributed by atoms with van der Waals surface area (Å²) >= 11 is 0. The second-order valence-corrected chi connectivity index (χ2v) is 4.78. The van der Waals surface area contributed by atoms with Crippen LogP contribution in [0.2, 0.25) is 0 Å². The Bertz CT molecular complexity index is 561. The van der Waals surface area contributed by atoms with Crippen LogP contribution in [0.5, 0.6) is 5.75 Å². The maximum atomic E-state index is 9.04. The number of ether oxygens (including phenoxy) is 2. The minimum Gasteiger partial charge on any atom is -0.490 e. The molecule has 1 N–H and O–H groups in total. The van der Waals surface area contributed by atoms with Gasteiger partial charge in [0.25, 0.3) is 0 Å². The molecular formula is C15H17NO4. The third kappa shape index (κ3) is 2.84. The van der Waals surface area contributed by atoms with Crippen LogP contribution in [-0.4, -0.2) is 29.6 Å². The van der Waals surface area contributed by atoms with Gasteiger partial charge in [0.2, 0.25) is 0 Å². The second-order valence-electron chi connectivity index (χ2n) is 4.78. The number of aliphatic hydroxyl groups is 1.